The normalized spacial score (nSPS) is 15.5. The molecule has 8 heteroatoms. The number of anilines is 1. The van der Waals surface area contributed by atoms with E-state index in [2.05, 4.69) is 16.0 Å². The van der Waals surface area contributed by atoms with Crippen molar-refractivity contribution in [3.8, 4) is 0 Å². The van der Waals surface area contributed by atoms with Gasteiger partial charge >= 0.3 is 6.18 Å². The molecule has 1 aliphatic carbocycles. The summed E-state index contributed by atoms with van der Waals surface area (Å²) >= 11 is 0. The summed E-state index contributed by atoms with van der Waals surface area (Å²) < 4.78 is 38.7. The third-order valence-electron chi connectivity index (χ3n) is 5.42. The van der Waals surface area contributed by atoms with Crippen molar-refractivity contribution in [3.63, 3.8) is 0 Å². The maximum absolute atomic E-state index is 12.9. The maximum atomic E-state index is 12.9. The third kappa shape index (κ3) is 6.30. The third-order valence-corrected chi connectivity index (χ3v) is 5.42. The van der Waals surface area contributed by atoms with Crippen LogP contribution in [-0.4, -0.2) is 24.4 Å². The number of hydrogen-bond acceptors (Lipinski definition) is 3. The van der Waals surface area contributed by atoms with Gasteiger partial charge in [0, 0.05) is 12.1 Å². The van der Waals surface area contributed by atoms with Crippen LogP contribution in [0.25, 0.3) is 0 Å². The number of nitrogens with one attached hydrogen (secondary N) is 3. The smallest absolute Gasteiger partial charge is 0.349 e. The van der Waals surface area contributed by atoms with Crippen LogP contribution in [0.2, 0.25) is 0 Å². The van der Waals surface area contributed by atoms with Crippen molar-refractivity contribution in [2.75, 3.05) is 11.9 Å². The molecule has 2 amide bonds. The van der Waals surface area contributed by atoms with Gasteiger partial charge in [0.2, 0.25) is 5.91 Å². The zero-order valence-corrected chi connectivity index (χ0v) is 17.3. The molecule has 5 nitrogen and oxygen atoms in total. The summed E-state index contributed by atoms with van der Waals surface area (Å²) in [5.74, 6) is -0.618. The van der Waals surface area contributed by atoms with Crippen molar-refractivity contribution in [2.45, 2.75) is 50.9 Å². The Labute approximate surface area is 179 Å². The average Bonchev–Trinajstić information content (AvgIpc) is 3.25. The molecule has 1 aliphatic rings. The Morgan fingerprint density at radius 1 is 1.06 bits per heavy atom. The van der Waals surface area contributed by atoms with Gasteiger partial charge in [0.1, 0.15) is 0 Å². The van der Waals surface area contributed by atoms with E-state index in [1.165, 1.54) is 6.07 Å². The van der Waals surface area contributed by atoms with Gasteiger partial charge in [0.15, 0.2) is 0 Å². The van der Waals surface area contributed by atoms with Crippen molar-refractivity contribution in [2.24, 2.45) is 0 Å². The van der Waals surface area contributed by atoms with Gasteiger partial charge in [0.05, 0.1) is 23.4 Å². The maximum Gasteiger partial charge on any atom is 0.416 e. The van der Waals surface area contributed by atoms with Gasteiger partial charge in [-0.05, 0) is 49.6 Å². The van der Waals surface area contributed by atoms with Crippen LogP contribution in [0.3, 0.4) is 0 Å². The van der Waals surface area contributed by atoms with Gasteiger partial charge in [-0.15, -0.1) is 0 Å². The van der Waals surface area contributed by atoms with Crippen LogP contribution in [0.15, 0.2) is 48.5 Å². The second kappa shape index (κ2) is 9.96. The van der Waals surface area contributed by atoms with E-state index in [0.717, 1.165) is 37.8 Å². The molecular formula is C23H26F3N3O2. The number of carbonyl (C=O) groups excluding carboxylic acids is 2. The zero-order valence-electron chi connectivity index (χ0n) is 17.3. The van der Waals surface area contributed by atoms with Crippen LogP contribution < -0.4 is 16.0 Å². The minimum Gasteiger partial charge on any atom is -0.349 e. The van der Waals surface area contributed by atoms with Gasteiger partial charge in [-0.25, -0.2) is 0 Å². The summed E-state index contributed by atoms with van der Waals surface area (Å²) in [7, 11) is 0. The van der Waals surface area contributed by atoms with Gasteiger partial charge in [-0.1, -0.05) is 37.1 Å². The van der Waals surface area contributed by atoms with Gasteiger partial charge in [0.25, 0.3) is 5.91 Å². The molecule has 3 N–H and O–H groups in total. The SMILES string of the molecule is C[C@H](NCC(=O)Nc1ccccc1C(=O)NC1CCCC1)c1cccc(C(F)(F)F)c1. The van der Waals surface area contributed by atoms with Crippen LogP contribution in [0.5, 0.6) is 0 Å². The molecule has 0 bridgehead atoms. The Bertz CT molecular complexity index is 924. The van der Waals surface area contributed by atoms with Crippen molar-refractivity contribution in [1.82, 2.24) is 10.6 Å². The molecule has 0 heterocycles. The predicted molar refractivity (Wildman–Crippen MR) is 113 cm³/mol. The monoisotopic (exact) mass is 433 g/mol. The van der Waals surface area contributed by atoms with Crippen molar-refractivity contribution >= 4 is 17.5 Å². The van der Waals surface area contributed by atoms with E-state index >= 15 is 0 Å². The number of alkyl halides is 3. The van der Waals surface area contributed by atoms with E-state index in [-0.39, 0.29) is 24.4 Å². The molecule has 1 atom stereocenters. The molecule has 3 rings (SSSR count). The van der Waals surface area contributed by atoms with Crippen LogP contribution in [0.1, 0.15) is 60.1 Å². The highest BCUT2D eigenvalue weighted by atomic mass is 19.4. The molecule has 0 saturated heterocycles. The lowest BCUT2D eigenvalue weighted by molar-refractivity contribution is -0.137. The Morgan fingerprint density at radius 2 is 1.77 bits per heavy atom. The number of halogens is 3. The highest BCUT2D eigenvalue weighted by Crippen LogP contribution is 2.30. The number of benzene rings is 2. The first-order valence-electron chi connectivity index (χ1n) is 10.3. The second-order valence-electron chi connectivity index (χ2n) is 7.77. The van der Waals surface area contributed by atoms with Crippen molar-refractivity contribution in [3.05, 3.63) is 65.2 Å². The summed E-state index contributed by atoms with van der Waals surface area (Å²) in [6.45, 7) is 1.57. The minimum absolute atomic E-state index is 0.115. The molecule has 2 aromatic carbocycles. The van der Waals surface area contributed by atoms with Gasteiger partial charge < -0.3 is 16.0 Å². The highest BCUT2D eigenvalue weighted by molar-refractivity contribution is 6.04. The lowest BCUT2D eigenvalue weighted by Gasteiger charge is -2.17. The number of amides is 2. The molecule has 0 unspecified atom stereocenters. The molecule has 0 aromatic heterocycles. The largest absolute Gasteiger partial charge is 0.416 e. The molecule has 31 heavy (non-hydrogen) atoms. The summed E-state index contributed by atoms with van der Waals surface area (Å²) in [5, 5.41) is 8.64. The zero-order chi connectivity index (χ0) is 22.4. The van der Waals surface area contributed by atoms with E-state index in [1.807, 2.05) is 0 Å². The summed E-state index contributed by atoms with van der Waals surface area (Å²) in [5.41, 5.74) is 0.481. The summed E-state index contributed by atoms with van der Waals surface area (Å²) in [4.78, 5) is 25.0. The van der Waals surface area contributed by atoms with Crippen LogP contribution >= 0.6 is 0 Å². The predicted octanol–water partition coefficient (Wildman–Crippen LogP) is 4.67. The molecule has 166 valence electrons. The van der Waals surface area contributed by atoms with Crippen LogP contribution in [0.4, 0.5) is 18.9 Å². The van der Waals surface area contributed by atoms with E-state index < -0.39 is 17.8 Å². The van der Waals surface area contributed by atoms with Crippen molar-refractivity contribution in [1.29, 1.82) is 0 Å². The Kier molecular flexibility index (Phi) is 7.33. The van der Waals surface area contributed by atoms with E-state index in [1.54, 1.807) is 37.3 Å². The second-order valence-corrected chi connectivity index (χ2v) is 7.77. The van der Waals surface area contributed by atoms with Gasteiger partial charge in [-0.3, -0.25) is 9.59 Å². The average molecular weight is 433 g/mol. The Hall–Kier alpha value is -2.87. The topological polar surface area (TPSA) is 70.2 Å². The quantitative estimate of drug-likeness (QED) is 0.595. The molecular weight excluding hydrogens is 407 g/mol. The van der Waals surface area contributed by atoms with Crippen LogP contribution in [-0.2, 0) is 11.0 Å². The molecule has 0 radical (unpaired) electrons. The van der Waals surface area contributed by atoms with Crippen molar-refractivity contribution < 1.29 is 22.8 Å². The fourth-order valence-corrected chi connectivity index (χ4v) is 3.67. The first-order chi connectivity index (χ1) is 14.7. The molecule has 1 fully saturated rings. The molecule has 2 aromatic rings. The van der Waals surface area contributed by atoms with E-state index in [0.29, 0.717) is 16.8 Å². The highest BCUT2D eigenvalue weighted by Gasteiger charge is 2.30. The van der Waals surface area contributed by atoms with Gasteiger partial charge in [-0.2, -0.15) is 13.2 Å². The molecule has 1 saturated carbocycles. The summed E-state index contributed by atoms with van der Waals surface area (Å²) in [6.07, 6.45) is -0.316. The fraction of sp³-hybridized carbons (Fsp3) is 0.391. The fourth-order valence-electron chi connectivity index (χ4n) is 3.67. The standard InChI is InChI=1S/C23H26F3N3O2/c1-15(16-7-6-8-17(13-16)23(24,25)26)27-14-21(30)29-20-12-5-4-11-19(20)22(31)28-18-9-2-3-10-18/h4-8,11-13,15,18,27H,2-3,9-10,14H2,1H3,(H,28,31)(H,29,30)/t15-/m0/s1. The Balaban J connectivity index is 1.58. The lowest BCUT2D eigenvalue weighted by atomic mass is 10.0. The lowest BCUT2D eigenvalue weighted by Crippen LogP contribution is -2.34. The summed E-state index contributed by atoms with van der Waals surface area (Å²) in [6, 6.07) is 11.4. The first kappa shape index (κ1) is 22.8. The number of hydrogen-bond donors (Lipinski definition) is 3. The first-order valence-corrected chi connectivity index (χ1v) is 10.3. The molecule has 0 aliphatic heterocycles. The number of rotatable bonds is 7. The van der Waals surface area contributed by atoms with E-state index in [4.69, 9.17) is 0 Å². The van der Waals surface area contributed by atoms with Crippen LogP contribution in [0, 0.1) is 0 Å². The molecule has 0 spiro atoms. The minimum atomic E-state index is -4.42. The van der Waals surface area contributed by atoms with E-state index in [9.17, 15) is 22.8 Å². The number of carbonyl (C=O) groups is 2. The Morgan fingerprint density at radius 3 is 2.48 bits per heavy atom. The number of para-hydroxylation sites is 1.